The van der Waals surface area contributed by atoms with Gasteiger partial charge >= 0.3 is 0 Å². The van der Waals surface area contributed by atoms with Crippen molar-refractivity contribution in [1.82, 2.24) is 4.31 Å². The summed E-state index contributed by atoms with van der Waals surface area (Å²) in [4.78, 5) is 0. The first-order valence-electron chi connectivity index (χ1n) is 8.30. The van der Waals surface area contributed by atoms with Crippen LogP contribution in [0.2, 0.25) is 0 Å². The molecule has 0 heterocycles. The molecule has 0 unspecified atom stereocenters. The molecule has 5 nitrogen and oxygen atoms in total. The van der Waals surface area contributed by atoms with Crippen LogP contribution in [0.1, 0.15) is 71.1 Å². The van der Waals surface area contributed by atoms with Gasteiger partial charge in [0.15, 0.2) is 0 Å². The molecule has 0 aromatic rings. The monoisotopic (exact) mass is 327 g/mol. The van der Waals surface area contributed by atoms with Gasteiger partial charge in [-0.3, -0.25) is 0 Å². The molecule has 0 amide bonds. The van der Waals surface area contributed by atoms with Crippen LogP contribution >= 0.6 is 0 Å². The second kappa shape index (κ2) is 13.5. The molecule has 0 aromatic heterocycles. The summed E-state index contributed by atoms with van der Waals surface area (Å²) in [5.74, 6) is 0.149. The minimum absolute atomic E-state index is 0.149. The van der Waals surface area contributed by atoms with Crippen LogP contribution in [0.15, 0.2) is 0 Å². The number of nitriles is 2. The molecular formula is C16H29N3O2S. The van der Waals surface area contributed by atoms with Gasteiger partial charge in [0, 0.05) is 25.9 Å². The number of sulfonamides is 1. The lowest BCUT2D eigenvalue weighted by Gasteiger charge is -2.21. The van der Waals surface area contributed by atoms with E-state index in [1.54, 1.807) is 11.2 Å². The Labute approximate surface area is 136 Å². The molecule has 0 spiro atoms. The summed E-state index contributed by atoms with van der Waals surface area (Å²) in [5.41, 5.74) is 0. The number of rotatable bonds is 14. The van der Waals surface area contributed by atoms with Gasteiger partial charge in [0.25, 0.3) is 0 Å². The van der Waals surface area contributed by atoms with Crippen molar-refractivity contribution in [2.24, 2.45) is 0 Å². The van der Waals surface area contributed by atoms with Gasteiger partial charge in [0.1, 0.15) is 0 Å². The topological polar surface area (TPSA) is 85.0 Å². The standard InChI is InChI=1S/C16H29N3O2S/c1-2-22(20,21)19(15-11-7-3-5-9-13-17)16-12-8-4-6-10-14-18/h2-12,15-16H2,1H3. The van der Waals surface area contributed by atoms with Crippen molar-refractivity contribution < 1.29 is 8.42 Å². The van der Waals surface area contributed by atoms with Gasteiger partial charge in [-0.05, 0) is 32.6 Å². The van der Waals surface area contributed by atoms with E-state index >= 15 is 0 Å². The summed E-state index contributed by atoms with van der Waals surface area (Å²) in [6.45, 7) is 2.85. The Balaban J connectivity index is 4.03. The Kier molecular flexibility index (Phi) is 12.9. The minimum Gasteiger partial charge on any atom is -0.212 e. The average molecular weight is 327 g/mol. The third-order valence-corrected chi connectivity index (χ3v) is 5.53. The van der Waals surface area contributed by atoms with Gasteiger partial charge in [-0.1, -0.05) is 25.7 Å². The zero-order valence-corrected chi connectivity index (χ0v) is 14.6. The highest BCUT2D eigenvalue weighted by Crippen LogP contribution is 2.11. The lowest BCUT2D eigenvalue weighted by molar-refractivity contribution is 0.385. The normalized spacial score (nSPS) is 11.3. The molecule has 0 aromatic carbocycles. The summed E-state index contributed by atoms with van der Waals surface area (Å²) in [6.07, 6.45) is 8.60. The lowest BCUT2D eigenvalue weighted by Crippen LogP contribution is -2.34. The fraction of sp³-hybridized carbons (Fsp3) is 0.875. The van der Waals surface area contributed by atoms with E-state index in [9.17, 15) is 8.42 Å². The average Bonchev–Trinajstić information content (AvgIpc) is 2.51. The van der Waals surface area contributed by atoms with Crippen LogP contribution in [0.25, 0.3) is 0 Å². The van der Waals surface area contributed by atoms with E-state index in [1.165, 1.54) is 0 Å². The predicted octanol–water partition coefficient (Wildman–Crippen LogP) is 3.59. The number of hydrogen-bond acceptors (Lipinski definition) is 4. The highest BCUT2D eigenvalue weighted by atomic mass is 32.2. The van der Waals surface area contributed by atoms with Crippen LogP contribution in [0.4, 0.5) is 0 Å². The largest absolute Gasteiger partial charge is 0.213 e. The Morgan fingerprint density at radius 1 is 0.773 bits per heavy atom. The molecule has 126 valence electrons. The summed E-state index contributed by atoms with van der Waals surface area (Å²) >= 11 is 0. The molecule has 6 heteroatoms. The predicted molar refractivity (Wildman–Crippen MR) is 88.4 cm³/mol. The van der Waals surface area contributed by atoms with Crippen molar-refractivity contribution in [3.8, 4) is 12.1 Å². The molecule has 22 heavy (non-hydrogen) atoms. The van der Waals surface area contributed by atoms with Crippen LogP contribution in [0.5, 0.6) is 0 Å². The van der Waals surface area contributed by atoms with Gasteiger partial charge in [0.2, 0.25) is 10.0 Å². The third kappa shape index (κ3) is 10.6. The van der Waals surface area contributed by atoms with E-state index in [2.05, 4.69) is 12.1 Å². The van der Waals surface area contributed by atoms with E-state index < -0.39 is 10.0 Å². The molecule has 0 saturated carbocycles. The first-order chi connectivity index (χ1) is 10.6. The zero-order valence-electron chi connectivity index (χ0n) is 13.8. The molecule has 0 aliphatic heterocycles. The van der Waals surface area contributed by atoms with Crippen molar-refractivity contribution >= 4 is 10.0 Å². The van der Waals surface area contributed by atoms with Gasteiger partial charge < -0.3 is 0 Å². The smallest absolute Gasteiger partial charge is 0.212 e. The fourth-order valence-electron chi connectivity index (χ4n) is 2.26. The third-order valence-electron chi connectivity index (χ3n) is 3.65. The van der Waals surface area contributed by atoms with Crippen molar-refractivity contribution in [3.05, 3.63) is 0 Å². The molecule has 0 aliphatic rings. The highest BCUT2D eigenvalue weighted by Gasteiger charge is 2.18. The Morgan fingerprint density at radius 3 is 1.55 bits per heavy atom. The fourth-order valence-corrected chi connectivity index (χ4v) is 3.44. The van der Waals surface area contributed by atoms with Gasteiger partial charge in [-0.15, -0.1) is 0 Å². The summed E-state index contributed by atoms with van der Waals surface area (Å²) in [6, 6.07) is 4.25. The molecule has 0 fully saturated rings. The lowest BCUT2D eigenvalue weighted by atomic mass is 10.1. The maximum Gasteiger partial charge on any atom is 0.213 e. The van der Waals surface area contributed by atoms with Crippen molar-refractivity contribution in [2.45, 2.75) is 71.1 Å². The van der Waals surface area contributed by atoms with E-state index in [4.69, 9.17) is 10.5 Å². The molecule has 0 bridgehead atoms. The molecule has 0 rings (SSSR count). The van der Waals surface area contributed by atoms with Gasteiger partial charge in [0.05, 0.1) is 17.9 Å². The summed E-state index contributed by atoms with van der Waals surface area (Å²) in [7, 11) is -3.13. The van der Waals surface area contributed by atoms with Crippen molar-refractivity contribution in [1.29, 1.82) is 10.5 Å². The van der Waals surface area contributed by atoms with Crippen LogP contribution in [-0.2, 0) is 10.0 Å². The summed E-state index contributed by atoms with van der Waals surface area (Å²) in [5, 5.41) is 16.9. The maximum atomic E-state index is 12.1. The number of hydrogen-bond donors (Lipinski definition) is 0. The first-order valence-corrected chi connectivity index (χ1v) is 9.91. The second-order valence-corrected chi connectivity index (χ2v) is 7.70. The van der Waals surface area contributed by atoms with Crippen LogP contribution in [0, 0.1) is 22.7 Å². The van der Waals surface area contributed by atoms with Gasteiger partial charge in [-0.2, -0.15) is 10.5 Å². The Hall–Kier alpha value is -1.11. The quantitative estimate of drug-likeness (QED) is 0.456. The van der Waals surface area contributed by atoms with E-state index in [0.717, 1.165) is 51.4 Å². The molecule has 0 atom stereocenters. The van der Waals surface area contributed by atoms with E-state index in [0.29, 0.717) is 25.9 Å². The number of nitrogens with zero attached hydrogens (tertiary/aromatic N) is 3. The van der Waals surface area contributed by atoms with Gasteiger partial charge in [-0.25, -0.2) is 12.7 Å². The van der Waals surface area contributed by atoms with E-state index in [1.807, 2.05) is 0 Å². The Bertz CT molecular complexity index is 423. The Morgan fingerprint density at radius 2 is 1.18 bits per heavy atom. The summed E-state index contributed by atoms with van der Waals surface area (Å²) < 4.78 is 25.8. The second-order valence-electron chi connectivity index (χ2n) is 5.44. The first kappa shape index (κ1) is 20.9. The molecule has 0 radical (unpaired) electrons. The van der Waals surface area contributed by atoms with E-state index in [-0.39, 0.29) is 5.75 Å². The SMILES string of the molecule is CCS(=O)(=O)N(CCCCCCC#N)CCCCCCC#N. The molecule has 0 aliphatic carbocycles. The van der Waals surface area contributed by atoms with Crippen molar-refractivity contribution in [3.63, 3.8) is 0 Å². The van der Waals surface area contributed by atoms with Crippen molar-refractivity contribution in [2.75, 3.05) is 18.8 Å². The maximum absolute atomic E-state index is 12.1. The molecular weight excluding hydrogens is 298 g/mol. The highest BCUT2D eigenvalue weighted by molar-refractivity contribution is 7.89. The van der Waals surface area contributed by atoms with Crippen LogP contribution < -0.4 is 0 Å². The number of unbranched alkanes of at least 4 members (excludes halogenated alkanes) is 8. The molecule has 0 saturated heterocycles. The molecule has 0 N–H and O–H groups in total. The zero-order chi connectivity index (χ0) is 16.7. The minimum atomic E-state index is -3.13. The van der Waals surface area contributed by atoms with Crippen LogP contribution in [-0.4, -0.2) is 31.6 Å². The van der Waals surface area contributed by atoms with Crippen LogP contribution in [0.3, 0.4) is 0 Å².